The molecule has 0 unspecified atom stereocenters. The summed E-state index contributed by atoms with van der Waals surface area (Å²) in [5.41, 5.74) is 8.12. The minimum atomic E-state index is -0.318. The lowest BCUT2D eigenvalue weighted by Crippen LogP contribution is -2.06. The fraction of sp³-hybridized carbons (Fsp3) is 0.417. The van der Waals surface area contributed by atoms with Gasteiger partial charge in [-0.25, -0.2) is 4.79 Å². The monoisotopic (exact) mass is 285 g/mol. The van der Waals surface area contributed by atoms with Crippen LogP contribution < -0.4 is 5.73 Å². The van der Waals surface area contributed by atoms with Crippen molar-refractivity contribution >= 4 is 27.6 Å². The summed E-state index contributed by atoms with van der Waals surface area (Å²) in [6.07, 6.45) is 1.95. The van der Waals surface area contributed by atoms with Crippen molar-refractivity contribution in [2.75, 3.05) is 17.7 Å². The SMILES string of the molecule is CCOC(=O)c1ccc(CCCBr)c(N)c1. The molecule has 1 aromatic carbocycles. The molecule has 2 N–H and O–H groups in total. The van der Waals surface area contributed by atoms with Crippen LogP contribution in [0.4, 0.5) is 5.69 Å². The summed E-state index contributed by atoms with van der Waals surface area (Å²) in [7, 11) is 0. The predicted molar refractivity (Wildman–Crippen MR) is 68.9 cm³/mol. The van der Waals surface area contributed by atoms with E-state index in [-0.39, 0.29) is 5.97 Å². The molecule has 0 atom stereocenters. The highest BCUT2D eigenvalue weighted by Crippen LogP contribution is 2.17. The Bertz CT molecular complexity index is 366. The van der Waals surface area contributed by atoms with Gasteiger partial charge in [-0.15, -0.1) is 0 Å². The molecule has 0 radical (unpaired) electrons. The van der Waals surface area contributed by atoms with Gasteiger partial charge >= 0.3 is 5.97 Å². The molecule has 0 amide bonds. The fourth-order valence-corrected chi connectivity index (χ4v) is 1.70. The second kappa shape index (κ2) is 6.53. The van der Waals surface area contributed by atoms with Gasteiger partial charge in [0.1, 0.15) is 0 Å². The van der Waals surface area contributed by atoms with Crippen molar-refractivity contribution in [3.05, 3.63) is 29.3 Å². The molecule has 1 aromatic rings. The number of alkyl halides is 1. The smallest absolute Gasteiger partial charge is 0.338 e. The Kier molecular flexibility index (Phi) is 5.32. The minimum absolute atomic E-state index is 0.318. The quantitative estimate of drug-likeness (QED) is 0.514. The second-order valence-corrected chi connectivity index (χ2v) is 4.22. The van der Waals surface area contributed by atoms with Crippen LogP contribution in [-0.2, 0) is 11.2 Å². The van der Waals surface area contributed by atoms with Gasteiger partial charge in [-0.1, -0.05) is 22.0 Å². The first-order valence-electron chi connectivity index (χ1n) is 5.30. The van der Waals surface area contributed by atoms with Gasteiger partial charge in [0.2, 0.25) is 0 Å². The molecular formula is C12H16BrNO2. The third-order valence-corrected chi connectivity index (χ3v) is 2.80. The number of esters is 1. The number of nitrogen functional groups attached to an aromatic ring is 1. The summed E-state index contributed by atoms with van der Waals surface area (Å²) >= 11 is 3.37. The first-order valence-corrected chi connectivity index (χ1v) is 6.42. The number of rotatable bonds is 5. The Morgan fingerprint density at radius 2 is 2.25 bits per heavy atom. The summed E-state index contributed by atoms with van der Waals surface area (Å²) < 4.78 is 4.90. The summed E-state index contributed by atoms with van der Waals surface area (Å²) in [5.74, 6) is -0.318. The third kappa shape index (κ3) is 3.52. The molecule has 0 bridgehead atoms. The van der Waals surface area contributed by atoms with Crippen molar-refractivity contribution in [2.45, 2.75) is 19.8 Å². The molecule has 88 valence electrons. The molecule has 0 aromatic heterocycles. The summed E-state index contributed by atoms with van der Waals surface area (Å²) in [5, 5.41) is 0.950. The van der Waals surface area contributed by atoms with Crippen LogP contribution in [0, 0.1) is 0 Å². The first kappa shape index (κ1) is 13.0. The normalized spacial score (nSPS) is 10.1. The largest absolute Gasteiger partial charge is 0.462 e. The van der Waals surface area contributed by atoms with Gasteiger partial charge in [0.15, 0.2) is 0 Å². The van der Waals surface area contributed by atoms with Gasteiger partial charge in [-0.2, -0.15) is 0 Å². The van der Waals surface area contributed by atoms with E-state index < -0.39 is 0 Å². The number of carbonyl (C=O) groups is 1. The number of benzene rings is 1. The molecule has 3 nitrogen and oxygen atoms in total. The molecule has 0 spiro atoms. The van der Waals surface area contributed by atoms with Crippen LogP contribution in [0.3, 0.4) is 0 Å². The Balaban J connectivity index is 2.78. The minimum Gasteiger partial charge on any atom is -0.462 e. The van der Waals surface area contributed by atoms with Crippen molar-refractivity contribution in [1.82, 2.24) is 0 Å². The molecule has 0 aliphatic rings. The van der Waals surface area contributed by atoms with E-state index in [1.165, 1.54) is 0 Å². The van der Waals surface area contributed by atoms with Gasteiger partial charge < -0.3 is 10.5 Å². The number of carbonyl (C=O) groups excluding carboxylic acids is 1. The zero-order valence-corrected chi connectivity index (χ0v) is 10.9. The van der Waals surface area contributed by atoms with Gasteiger partial charge in [0.25, 0.3) is 0 Å². The van der Waals surface area contributed by atoms with Crippen molar-refractivity contribution < 1.29 is 9.53 Å². The van der Waals surface area contributed by atoms with Crippen molar-refractivity contribution in [1.29, 1.82) is 0 Å². The predicted octanol–water partition coefficient (Wildman–Crippen LogP) is 2.77. The lowest BCUT2D eigenvalue weighted by atomic mass is 10.1. The van der Waals surface area contributed by atoms with E-state index in [4.69, 9.17) is 10.5 Å². The lowest BCUT2D eigenvalue weighted by Gasteiger charge is -2.07. The molecule has 0 aliphatic carbocycles. The zero-order chi connectivity index (χ0) is 12.0. The molecule has 0 fully saturated rings. The molecule has 16 heavy (non-hydrogen) atoms. The van der Waals surface area contributed by atoms with E-state index in [0.29, 0.717) is 17.9 Å². The maximum atomic E-state index is 11.4. The molecule has 0 heterocycles. The molecular weight excluding hydrogens is 270 g/mol. The van der Waals surface area contributed by atoms with Crippen LogP contribution in [0.25, 0.3) is 0 Å². The van der Waals surface area contributed by atoms with Crippen molar-refractivity contribution in [2.24, 2.45) is 0 Å². The average molecular weight is 286 g/mol. The number of anilines is 1. The van der Waals surface area contributed by atoms with Crippen LogP contribution in [0.2, 0.25) is 0 Å². The van der Waals surface area contributed by atoms with E-state index in [0.717, 1.165) is 23.7 Å². The highest BCUT2D eigenvalue weighted by atomic mass is 79.9. The first-order chi connectivity index (χ1) is 7.69. The van der Waals surface area contributed by atoms with Gasteiger partial charge in [-0.3, -0.25) is 0 Å². The molecule has 0 aliphatic heterocycles. The van der Waals surface area contributed by atoms with E-state index in [9.17, 15) is 4.79 Å². The summed E-state index contributed by atoms with van der Waals surface area (Å²) in [6.45, 7) is 2.16. The van der Waals surface area contributed by atoms with Gasteiger partial charge in [-0.05, 0) is 37.5 Å². The standard InChI is InChI=1S/C12H16BrNO2/c1-2-16-12(15)10-6-5-9(4-3-7-13)11(14)8-10/h5-6,8H,2-4,7,14H2,1H3. The Labute approximate surface area is 104 Å². The Morgan fingerprint density at radius 3 is 2.81 bits per heavy atom. The van der Waals surface area contributed by atoms with Crippen LogP contribution in [0.1, 0.15) is 29.3 Å². The van der Waals surface area contributed by atoms with Crippen LogP contribution >= 0.6 is 15.9 Å². The fourth-order valence-electron chi connectivity index (χ4n) is 1.42. The number of hydrogen-bond acceptors (Lipinski definition) is 3. The second-order valence-electron chi connectivity index (χ2n) is 3.43. The maximum absolute atomic E-state index is 11.4. The third-order valence-electron chi connectivity index (χ3n) is 2.24. The van der Waals surface area contributed by atoms with Gasteiger partial charge in [0, 0.05) is 11.0 Å². The van der Waals surface area contributed by atoms with Crippen LogP contribution in [0.5, 0.6) is 0 Å². The van der Waals surface area contributed by atoms with Gasteiger partial charge in [0.05, 0.1) is 12.2 Å². The number of nitrogens with two attached hydrogens (primary N) is 1. The number of hydrogen-bond donors (Lipinski definition) is 1. The van der Waals surface area contributed by atoms with Crippen molar-refractivity contribution in [3.63, 3.8) is 0 Å². The number of aryl methyl sites for hydroxylation is 1. The van der Waals surface area contributed by atoms with Crippen molar-refractivity contribution in [3.8, 4) is 0 Å². The molecule has 0 saturated carbocycles. The van der Waals surface area contributed by atoms with E-state index in [1.807, 2.05) is 6.07 Å². The van der Waals surface area contributed by atoms with E-state index in [1.54, 1.807) is 19.1 Å². The highest BCUT2D eigenvalue weighted by Gasteiger charge is 2.08. The zero-order valence-electron chi connectivity index (χ0n) is 9.33. The lowest BCUT2D eigenvalue weighted by molar-refractivity contribution is 0.0526. The average Bonchev–Trinajstić information content (AvgIpc) is 2.27. The van der Waals surface area contributed by atoms with Crippen LogP contribution in [0.15, 0.2) is 18.2 Å². The summed E-state index contributed by atoms with van der Waals surface area (Å²) in [4.78, 5) is 11.4. The number of halogens is 1. The van der Waals surface area contributed by atoms with E-state index >= 15 is 0 Å². The molecule has 4 heteroatoms. The molecule has 1 rings (SSSR count). The maximum Gasteiger partial charge on any atom is 0.338 e. The van der Waals surface area contributed by atoms with E-state index in [2.05, 4.69) is 15.9 Å². The topological polar surface area (TPSA) is 52.3 Å². The number of ether oxygens (including phenoxy) is 1. The molecule has 0 saturated heterocycles. The van der Waals surface area contributed by atoms with Crippen LogP contribution in [-0.4, -0.2) is 17.9 Å². The summed E-state index contributed by atoms with van der Waals surface area (Å²) in [6, 6.07) is 5.34. The highest BCUT2D eigenvalue weighted by molar-refractivity contribution is 9.09. The Hall–Kier alpha value is -1.03. The Morgan fingerprint density at radius 1 is 1.50 bits per heavy atom.